The molecule has 1 aromatic heterocycles. The third kappa shape index (κ3) is 5.08. The molecule has 0 saturated carbocycles. The van der Waals surface area contributed by atoms with Crippen molar-refractivity contribution < 1.29 is 19.1 Å². The predicted octanol–water partition coefficient (Wildman–Crippen LogP) is 2.46. The molecule has 0 bridgehead atoms. The summed E-state index contributed by atoms with van der Waals surface area (Å²) in [5.74, 6) is -1.30. The van der Waals surface area contributed by atoms with Crippen LogP contribution in [0.15, 0.2) is 48.7 Å². The first-order valence-electron chi connectivity index (χ1n) is 7.84. The summed E-state index contributed by atoms with van der Waals surface area (Å²) < 4.78 is 5.25. The summed E-state index contributed by atoms with van der Waals surface area (Å²) in [6.07, 6.45) is 4.46. The van der Waals surface area contributed by atoms with Crippen LogP contribution < -0.4 is 10.0 Å². The van der Waals surface area contributed by atoms with E-state index in [0.717, 1.165) is 19.3 Å². The van der Waals surface area contributed by atoms with Gasteiger partial charge in [-0.05, 0) is 36.6 Å². The third-order valence-corrected chi connectivity index (χ3v) is 3.42. The Kier molecular flexibility index (Phi) is 6.31. The molecule has 126 valence electrons. The van der Waals surface area contributed by atoms with Crippen LogP contribution in [0.5, 0.6) is 0 Å². The van der Waals surface area contributed by atoms with Crippen LogP contribution in [0.3, 0.4) is 0 Å². The summed E-state index contributed by atoms with van der Waals surface area (Å²) in [6.45, 7) is 1.69. The van der Waals surface area contributed by atoms with Crippen LogP contribution in [0.4, 0.5) is 5.69 Å². The van der Waals surface area contributed by atoms with E-state index in [1.54, 1.807) is 6.07 Å². The zero-order valence-corrected chi connectivity index (χ0v) is 13.5. The molecule has 0 aliphatic carbocycles. The van der Waals surface area contributed by atoms with Crippen LogP contribution in [0, 0.1) is 5.21 Å². The standard InChI is InChI=1S/C18H20N2O4/c1-2-3-6-14-8-10-15(11-9-14)19-17(21)13-24-18(22)16-7-4-5-12-20(16)23/h4-5,7-12H,2-3,6,13H2,1H3,(H,19,21). The highest BCUT2D eigenvalue weighted by molar-refractivity contribution is 5.94. The number of nitrogens with zero attached hydrogens (tertiary/aromatic N) is 1. The Labute approximate surface area is 140 Å². The molecular weight excluding hydrogens is 308 g/mol. The van der Waals surface area contributed by atoms with Gasteiger partial charge in [0.05, 0.1) is 0 Å². The van der Waals surface area contributed by atoms with E-state index >= 15 is 0 Å². The number of aryl methyl sites for hydroxylation is 1. The van der Waals surface area contributed by atoms with Crippen molar-refractivity contribution in [2.45, 2.75) is 26.2 Å². The van der Waals surface area contributed by atoms with Crippen molar-refractivity contribution in [2.24, 2.45) is 0 Å². The molecule has 2 aromatic rings. The number of carbonyl (C=O) groups excluding carboxylic acids is 2. The predicted molar refractivity (Wildman–Crippen MR) is 89.4 cm³/mol. The number of aromatic nitrogens is 1. The van der Waals surface area contributed by atoms with E-state index in [1.807, 2.05) is 24.3 Å². The Bertz CT molecular complexity index is 698. The summed E-state index contributed by atoms with van der Waals surface area (Å²) in [7, 11) is 0. The average molecular weight is 328 g/mol. The number of pyridine rings is 1. The molecule has 0 spiro atoms. The van der Waals surface area contributed by atoms with Gasteiger partial charge in [-0.2, -0.15) is 4.73 Å². The van der Waals surface area contributed by atoms with E-state index in [0.29, 0.717) is 10.4 Å². The number of benzene rings is 1. The van der Waals surface area contributed by atoms with E-state index in [-0.39, 0.29) is 5.69 Å². The number of amides is 1. The van der Waals surface area contributed by atoms with Gasteiger partial charge in [0.2, 0.25) is 0 Å². The molecule has 0 radical (unpaired) electrons. The van der Waals surface area contributed by atoms with E-state index in [1.165, 1.54) is 23.9 Å². The maximum absolute atomic E-state index is 11.8. The Morgan fingerprint density at radius 3 is 2.58 bits per heavy atom. The number of esters is 1. The van der Waals surface area contributed by atoms with Gasteiger partial charge in [-0.1, -0.05) is 25.5 Å². The van der Waals surface area contributed by atoms with Crippen molar-refractivity contribution in [1.29, 1.82) is 0 Å². The highest BCUT2D eigenvalue weighted by Crippen LogP contribution is 2.11. The van der Waals surface area contributed by atoms with Crippen molar-refractivity contribution in [2.75, 3.05) is 11.9 Å². The molecule has 2 rings (SSSR count). The Morgan fingerprint density at radius 2 is 1.92 bits per heavy atom. The molecule has 1 aromatic carbocycles. The number of anilines is 1. The monoisotopic (exact) mass is 328 g/mol. The zero-order valence-electron chi connectivity index (χ0n) is 13.5. The van der Waals surface area contributed by atoms with Gasteiger partial charge in [0.1, 0.15) is 0 Å². The van der Waals surface area contributed by atoms with Crippen molar-refractivity contribution in [3.05, 3.63) is 65.1 Å². The third-order valence-electron chi connectivity index (χ3n) is 3.42. The quantitative estimate of drug-likeness (QED) is 0.481. The first-order valence-corrected chi connectivity index (χ1v) is 7.84. The molecule has 0 fully saturated rings. The van der Waals surface area contributed by atoms with Gasteiger partial charge in [-0.25, -0.2) is 4.79 Å². The first kappa shape index (κ1) is 17.5. The normalized spacial score (nSPS) is 10.2. The van der Waals surface area contributed by atoms with E-state index < -0.39 is 18.5 Å². The number of rotatable bonds is 7. The Hall–Kier alpha value is -2.89. The summed E-state index contributed by atoms with van der Waals surface area (Å²) in [4.78, 5) is 23.6. The molecule has 24 heavy (non-hydrogen) atoms. The van der Waals surface area contributed by atoms with E-state index in [4.69, 9.17) is 4.74 Å². The molecule has 0 aliphatic rings. The largest absolute Gasteiger partial charge is 0.618 e. The van der Waals surface area contributed by atoms with Crippen molar-refractivity contribution in [1.82, 2.24) is 0 Å². The summed E-state index contributed by atoms with van der Waals surface area (Å²) in [6, 6.07) is 11.9. The highest BCUT2D eigenvalue weighted by atomic mass is 16.5. The smallest absolute Gasteiger partial charge is 0.405 e. The lowest BCUT2D eigenvalue weighted by Gasteiger charge is -2.07. The molecule has 0 atom stereocenters. The number of carbonyl (C=O) groups is 2. The second-order valence-corrected chi connectivity index (χ2v) is 5.34. The second kappa shape index (κ2) is 8.67. The summed E-state index contributed by atoms with van der Waals surface area (Å²) >= 11 is 0. The minimum absolute atomic E-state index is 0.162. The van der Waals surface area contributed by atoms with Gasteiger partial charge in [-0.15, -0.1) is 0 Å². The number of unbranched alkanes of at least 4 members (excludes halogenated alkanes) is 1. The van der Waals surface area contributed by atoms with Gasteiger partial charge in [0.25, 0.3) is 5.91 Å². The fourth-order valence-electron chi connectivity index (χ4n) is 2.12. The van der Waals surface area contributed by atoms with Crippen LogP contribution in [0.25, 0.3) is 0 Å². The van der Waals surface area contributed by atoms with Crippen LogP contribution in [0.1, 0.15) is 35.8 Å². The van der Waals surface area contributed by atoms with Gasteiger partial charge in [-0.3, -0.25) is 4.79 Å². The van der Waals surface area contributed by atoms with Crippen LogP contribution in [-0.2, 0) is 16.0 Å². The molecule has 6 nitrogen and oxygen atoms in total. The van der Waals surface area contributed by atoms with Crippen LogP contribution in [-0.4, -0.2) is 18.5 Å². The van der Waals surface area contributed by atoms with E-state index in [2.05, 4.69) is 12.2 Å². The summed E-state index contributed by atoms with van der Waals surface area (Å²) in [5, 5.41) is 14.1. The number of hydrogen-bond acceptors (Lipinski definition) is 4. The maximum Gasteiger partial charge on any atom is 0.405 e. The zero-order chi connectivity index (χ0) is 17.4. The number of hydrogen-bond donors (Lipinski definition) is 1. The fraction of sp³-hybridized carbons (Fsp3) is 0.278. The molecule has 6 heteroatoms. The minimum atomic E-state index is -0.837. The van der Waals surface area contributed by atoms with Crippen molar-refractivity contribution >= 4 is 17.6 Å². The minimum Gasteiger partial charge on any atom is -0.618 e. The molecule has 1 N–H and O–H groups in total. The van der Waals surface area contributed by atoms with Crippen LogP contribution >= 0.6 is 0 Å². The van der Waals surface area contributed by atoms with Gasteiger partial charge in [0, 0.05) is 17.8 Å². The number of ether oxygens (including phenoxy) is 1. The number of nitrogens with one attached hydrogen (secondary N) is 1. The molecular formula is C18H20N2O4. The topological polar surface area (TPSA) is 82.3 Å². The molecule has 1 heterocycles. The fourth-order valence-corrected chi connectivity index (χ4v) is 2.12. The maximum atomic E-state index is 11.8. The highest BCUT2D eigenvalue weighted by Gasteiger charge is 2.18. The average Bonchev–Trinajstić information content (AvgIpc) is 2.59. The second-order valence-electron chi connectivity index (χ2n) is 5.34. The van der Waals surface area contributed by atoms with Crippen molar-refractivity contribution in [3.63, 3.8) is 0 Å². The molecule has 1 amide bonds. The van der Waals surface area contributed by atoms with Gasteiger partial charge >= 0.3 is 11.7 Å². The first-order chi connectivity index (χ1) is 11.6. The Morgan fingerprint density at radius 1 is 1.17 bits per heavy atom. The lowest BCUT2D eigenvalue weighted by Crippen LogP contribution is -2.35. The molecule has 0 aliphatic heterocycles. The van der Waals surface area contributed by atoms with Crippen molar-refractivity contribution in [3.8, 4) is 0 Å². The van der Waals surface area contributed by atoms with Gasteiger partial charge in [0.15, 0.2) is 12.8 Å². The summed E-state index contributed by atoms with van der Waals surface area (Å²) in [5.41, 5.74) is 1.69. The lowest BCUT2D eigenvalue weighted by atomic mass is 10.1. The molecule has 0 saturated heterocycles. The molecule has 0 unspecified atom stereocenters. The van der Waals surface area contributed by atoms with E-state index in [9.17, 15) is 14.8 Å². The Balaban J connectivity index is 1.83. The SMILES string of the molecule is CCCCc1ccc(NC(=O)COC(=O)c2cccc[n+]2[O-])cc1. The van der Waals surface area contributed by atoms with Gasteiger partial charge < -0.3 is 15.3 Å². The van der Waals surface area contributed by atoms with Crippen LogP contribution in [0.2, 0.25) is 0 Å². The lowest BCUT2D eigenvalue weighted by molar-refractivity contribution is -0.608.